The van der Waals surface area contributed by atoms with Crippen LogP contribution in [0.4, 0.5) is 5.82 Å². The van der Waals surface area contributed by atoms with Gasteiger partial charge in [0.25, 0.3) is 0 Å². The van der Waals surface area contributed by atoms with Crippen LogP contribution in [0.25, 0.3) is 5.65 Å². The number of nitrogens with two attached hydrogens (primary N) is 1. The number of fused-ring (bicyclic) bond motifs is 1. The molecule has 0 aliphatic carbocycles. The van der Waals surface area contributed by atoms with Crippen molar-refractivity contribution in [3.63, 3.8) is 0 Å². The van der Waals surface area contributed by atoms with Gasteiger partial charge < -0.3 is 15.2 Å². The van der Waals surface area contributed by atoms with E-state index in [1.54, 1.807) is 29.0 Å². The SMILES string of the molecule is CCOC(CCl)OCC.Clc1cc(Br)c2nccn2n1.Nc1nnc(Cl)cc1Br. The van der Waals surface area contributed by atoms with E-state index in [2.05, 4.69) is 52.1 Å². The summed E-state index contributed by atoms with van der Waals surface area (Å²) in [5, 5.41) is 11.8. The lowest BCUT2D eigenvalue weighted by atomic mass is 10.5. The molecule has 2 N–H and O–H groups in total. The molecule has 0 aromatic carbocycles. The molecule has 0 saturated heterocycles. The zero-order valence-electron chi connectivity index (χ0n) is 15.5. The summed E-state index contributed by atoms with van der Waals surface area (Å²) in [7, 11) is 0. The summed E-state index contributed by atoms with van der Waals surface area (Å²) >= 11 is 23.1. The van der Waals surface area contributed by atoms with E-state index >= 15 is 0 Å². The third-order valence-electron chi connectivity index (χ3n) is 2.86. The van der Waals surface area contributed by atoms with Gasteiger partial charge >= 0.3 is 0 Å². The van der Waals surface area contributed by atoms with E-state index < -0.39 is 0 Å². The van der Waals surface area contributed by atoms with Gasteiger partial charge in [-0.25, -0.2) is 9.50 Å². The van der Waals surface area contributed by atoms with E-state index in [9.17, 15) is 0 Å². The first kappa shape index (κ1) is 26.3. The molecule has 0 aliphatic heterocycles. The summed E-state index contributed by atoms with van der Waals surface area (Å²) in [6, 6.07) is 3.30. The predicted octanol–water partition coefficient (Wildman–Crippen LogP) is 5.24. The van der Waals surface area contributed by atoms with Crippen LogP contribution in [0.2, 0.25) is 10.3 Å². The number of alkyl halides is 1. The van der Waals surface area contributed by atoms with Crippen molar-refractivity contribution < 1.29 is 9.47 Å². The third kappa shape index (κ3) is 9.73. The monoisotopic (exact) mass is 590 g/mol. The Labute approximate surface area is 200 Å². The lowest BCUT2D eigenvalue weighted by Crippen LogP contribution is -2.18. The van der Waals surface area contributed by atoms with Crippen LogP contribution >= 0.6 is 66.7 Å². The Morgan fingerprint density at radius 2 is 1.69 bits per heavy atom. The number of hydrogen-bond acceptors (Lipinski definition) is 7. The minimum Gasteiger partial charge on any atom is -0.381 e. The van der Waals surface area contributed by atoms with Crippen LogP contribution in [-0.2, 0) is 9.47 Å². The third-order valence-corrected chi connectivity index (χ3v) is 4.70. The van der Waals surface area contributed by atoms with Crippen molar-refractivity contribution in [3.05, 3.63) is 43.8 Å². The number of halogens is 5. The van der Waals surface area contributed by atoms with E-state index in [4.69, 9.17) is 50.0 Å². The van der Waals surface area contributed by atoms with E-state index in [1.807, 2.05) is 13.8 Å². The maximum atomic E-state index is 5.69. The second kappa shape index (κ2) is 14.3. The van der Waals surface area contributed by atoms with Gasteiger partial charge in [0.15, 0.2) is 28.1 Å². The molecule has 0 atom stereocenters. The van der Waals surface area contributed by atoms with Crippen LogP contribution in [0.1, 0.15) is 13.8 Å². The predicted molar refractivity (Wildman–Crippen MR) is 123 cm³/mol. The van der Waals surface area contributed by atoms with Crippen molar-refractivity contribution in [3.8, 4) is 0 Å². The van der Waals surface area contributed by atoms with Crippen molar-refractivity contribution in [2.24, 2.45) is 0 Å². The normalized spacial score (nSPS) is 10.3. The van der Waals surface area contributed by atoms with Crippen LogP contribution in [0.5, 0.6) is 0 Å². The van der Waals surface area contributed by atoms with Crippen LogP contribution in [0.15, 0.2) is 33.5 Å². The molecule has 0 unspecified atom stereocenters. The van der Waals surface area contributed by atoms with Crippen LogP contribution < -0.4 is 5.73 Å². The summed E-state index contributed by atoms with van der Waals surface area (Å²) in [5.41, 5.74) is 6.08. The Morgan fingerprint density at radius 3 is 2.21 bits per heavy atom. The minimum absolute atomic E-state index is 0.221. The van der Waals surface area contributed by atoms with Crippen LogP contribution in [-0.4, -0.2) is 50.2 Å². The van der Waals surface area contributed by atoms with Gasteiger partial charge in [-0.05, 0) is 57.8 Å². The minimum atomic E-state index is -0.221. The van der Waals surface area contributed by atoms with Crippen molar-refractivity contribution in [1.82, 2.24) is 24.8 Å². The Morgan fingerprint density at radius 1 is 1.07 bits per heavy atom. The summed E-state index contributed by atoms with van der Waals surface area (Å²) < 4.78 is 13.3. The molecule has 0 spiro atoms. The van der Waals surface area contributed by atoms with Gasteiger partial charge in [-0.3, -0.25) is 0 Å². The lowest BCUT2D eigenvalue weighted by Gasteiger charge is -2.12. The highest BCUT2D eigenvalue weighted by molar-refractivity contribution is 9.11. The first-order chi connectivity index (χ1) is 13.8. The average Bonchev–Trinajstić information content (AvgIpc) is 3.15. The van der Waals surface area contributed by atoms with Gasteiger partial charge in [0.05, 0.1) is 14.8 Å². The molecule has 13 heteroatoms. The Kier molecular flexibility index (Phi) is 13.0. The molecule has 160 valence electrons. The highest BCUT2D eigenvalue weighted by Gasteiger charge is 2.03. The van der Waals surface area contributed by atoms with Gasteiger partial charge in [-0.15, -0.1) is 21.8 Å². The topological polar surface area (TPSA) is 100 Å². The van der Waals surface area contributed by atoms with Gasteiger partial charge in [0.2, 0.25) is 0 Å². The Balaban J connectivity index is 0.000000220. The molecule has 0 fully saturated rings. The zero-order chi connectivity index (χ0) is 21.8. The average molecular weight is 594 g/mol. The molecule has 3 rings (SSSR count). The Hall–Kier alpha value is -0.750. The van der Waals surface area contributed by atoms with E-state index in [1.165, 1.54) is 0 Å². The lowest BCUT2D eigenvalue weighted by molar-refractivity contribution is -0.120. The highest BCUT2D eigenvalue weighted by atomic mass is 79.9. The molecule has 0 saturated carbocycles. The van der Waals surface area contributed by atoms with Gasteiger partial charge in [0.1, 0.15) is 0 Å². The number of imidazole rings is 1. The fraction of sp³-hybridized carbons (Fsp3) is 0.375. The van der Waals surface area contributed by atoms with E-state index in [-0.39, 0.29) is 6.29 Å². The number of aromatic nitrogens is 5. The van der Waals surface area contributed by atoms with Gasteiger partial charge in [0, 0.05) is 25.6 Å². The molecule has 0 radical (unpaired) electrons. The number of anilines is 1. The number of nitrogens with zero attached hydrogens (tertiary/aromatic N) is 5. The molecule has 29 heavy (non-hydrogen) atoms. The molecule has 0 bridgehead atoms. The second-order valence-electron chi connectivity index (χ2n) is 4.91. The number of hydrogen-bond donors (Lipinski definition) is 1. The van der Waals surface area contributed by atoms with Crippen LogP contribution in [0, 0.1) is 0 Å². The molecular formula is C16H19Br2Cl3N6O2. The standard InChI is InChI=1S/C6H3BrClN3.C6H13ClO2.C4H3BrClN3/c7-4-3-5(8)10-11-2-1-9-6(4)11;1-3-8-6(5-7)9-4-2;5-2-1-3(6)8-9-4(2)7/h1-3H;6H,3-5H2,1-2H3;1H,(H2,7,9). The summed E-state index contributed by atoms with van der Waals surface area (Å²) in [4.78, 5) is 4.05. The van der Waals surface area contributed by atoms with Crippen molar-refractivity contribution in [2.45, 2.75) is 20.1 Å². The molecule has 3 aromatic heterocycles. The molecule has 0 aliphatic rings. The maximum Gasteiger partial charge on any atom is 0.170 e. The maximum absolute atomic E-state index is 5.69. The first-order valence-electron chi connectivity index (χ1n) is 8.21. The second-order valence-corrected chi connectivity index (χ2v) is 7.70. The smallest absolute Gasteiger partial charge is 0.170 e. The molecule has 3 aromatic rings. The van der Waals surface area contributed by atoms with Gasteiger partial charge in [-0.2, -0.15) is 5.10 Å². The fourth-order valence-electron chi connectivity index (χ4n) is 1.72. The van der Waals surface area contributed by atoms with Crippen molar-refractivity contribution in [1.29, 1.82) is 0 Å². The number of ether oxygens (including phenoxy) is 2. The van der Waals surface area contributed by atoms with Gasteiger partial charge in [-0.1, -0.05) is 23.2 Å². The largest absolute Gasteiger partial charge is 0.381 e. The number of rotatable bonds is 5. The summed E-state index contributed by atoms with van der Waals surface area (Å²) in [5.74, 6) is 0.751. The fourth-order valence-corrected chi connectivity index (χ4v) is 3.29. The quantitative estimate of drug-likeness (QED) is 0.319. The van der Waals surface area contributed by atoms with Crippen molar-refractivity contribution >= 4 is 78.1 Å². The summed E-state index contributed by atoms with van der Waals surface area (Å²) in [6.07, 6.45) is 3.19. The molecule has 8 nitrogen and oxygen atoms in total. The Bertz CT molecular complexity index is 881. The highest BCUT2D eigenvalue weighted by Crippen LogP contribution is 2.18. The van der Waals surface area contributed by atoms with E-state index in [0.717, 1.165) is 10.1 Å². The number of nitrogen functional groups attached to an aromatic ring is 1. The molecular weight excluding hydrogens is 574 g/mol. The summed E-state index contributed by atoms with van der Waals surface area (Å²) in [6.45, 7) is 5.13. The first-order valence-corrected chi connectivity index (χ1v) is 11.1. The van der Waals surface area contributed by atoms with Crippen molar-refractivity contribution in [2.75, 3.05) is 24.8 Å². The zero-order valence-corrected chi connectivity index (χ0v) is 21.0. The van der Waals surface area contributed by atoms with Crippen LogP contribution in [0.3, 0.4) is 0 Å². The molecule has 3 heterocycles. The molecule has 0 amide bonds. The van der Waals surface area contributed by atoms with E-state index in [0.29, 0.717) is 39.7 Å².